The Kier molecular flexibility index (Phi) is 6.30. The first-order valence-corrected chi connectivity index (χ1v) is 11.0. The van der Waals surface area contributed by atoms with E-state index in [1.165, 1.54) is 23.6 Å². The van der Waals surface area contributed by atoms with Gasteiger partial charge in [-0.3, -0.25) is 9.59 Å². The minimum absolute atomic E-state index is 0.0325. The molecule has 9 nitrogen and oxygen atoms in total. The molecular weight excluding hydrogens is 467 g/mol. The van der Waals surface area contributed by atoms with Crippen LogP contribution in [0.25, 0.3) is 10.8 Å². The van der Waals surface area contributed by atoms with Crippen LogP contribution in [0.2, 0.25) is 0 Å². The molecule has 2 heterocycles. The predicted molar refractivity (Wildman–Crippen MR) is 123 cm³/mol. The van der Waals surface area contributed by atoms with E-state index in [1.54, 1.807) is 19.2 Å². The summed E-state index contributed by atoms with van der Waals surface area (Å²) in [5.74, 6) is 0.202. The van der Waals surface area contributed by atoms with Gasteiger partial charge in [0.1, 0.15) is 0 Å². The number of nitrogens with zero attached hydrogens (tertiary/aromatic N) is 3. The van der Waals surface area contributed by atoms with Crippen LogP contribution >= 0.6 is 0 Å². The van der Waals surface area contributed by atoms with Crippen molar-refractivity contribution >= 4 is 22.7 Å². The van der Waals surface area contributed by atoms with Crippen molar-refractivity contribution in [2.75, 3.05) is 11.9 Å². The van der Waals surface area contributed by atoms with Gasteiger partial charge in [-0.1, -0.05) is 12.1 Å². The van der Waals surface area contributed by atoms with Crippen molar-refractivity contribution in [1.82, 2.24) is 19.7 Å². The van der Waals surface area contributed by atoms with Gasteiger partial charge < -0.3 is 20.3 Å². The third-order valence-corrected chi connectivity index (χ3v) is 6.06. The first-order chi connectivity index (χ1) is 16.5. The van der Waals surface area contributed by atoms with Gasteiger partial charge in [0.25, 0.3) is 11.1 Å². The number of anilines is 1. The zero-order chi connectivity index (χ0) is 25.5. The number of aromatic nitrogens is 3. The molecule has 186 valence electrons. The molecule has 1 saturated carbocycles. The zero-order valence-corrected chi connectivity index (χ0v) is 19.0. The molecule has 3 aromatic rings. The molecule has 1 unspecified atom stereocenters. The van der Waals surface area contributed by atoms with Gasteiger partial charge in [-0.2, -0.15) is 18.3 Å². The van der Waals surface area contributed by atoms with Crippen LogP contribution in [0.3, 0.4) is 0 Å². The summed E-state index contributed by atoms with van der Waals surface area (Å²) in [4.78, 5) is 36.4. The van der Waals surface area contributed by atoms with E-state index >= 15 is 0 Å². The quantitative estimate of drug-likeness (QED) is 0.464. The lowest BCUT2D eigenvalue weighted by molar-refractivity contribution is -0.138. The molecule has 35 heavy (non-hydrogen) atoms. The van der Waals surface area contributed by atoms with Gasteiger partial charge >= 0.3 is 12.3 Å². The highest BCUT2D eigenvalue weighted by atomic mass is 19.4. The van der Waals surface area contributed by atoms with E-state index in [9.17, 15) is 27.6 Å². The highest BCUT2D eigenvalue weighted by Gasteiger charge is 2.33. The van der Waals surface area contributed by atoms with E-state index in [0.29, 0.717) is 10.9 Å². The molecule has 12 heteroatoms. The summed E-state index contributed by atoms with van der Waals surface area (Å²) < 4.78 is 42.8. The van der Waals surface area contributed by atoms with E-state index in [0.717, 1.165) is 23.6 Å². The van der Waals surface area contributed by atoms with Crippen LogP contribution in [-0.2, 0) is 12.7 Å². The molecule has 1 atom stereocenters. The van der Waals surface area contributed by atoms with Crippen LogP contribution in [0, 0.1) is 6.92 Å². The number of halogens is 3. The summed E-state index contributed by atoms with van der Waals surface area (Å²) in [6.45, 7) is 2.87. The van der Waals surface area contributed by atoms with E-state index < -0.39 is 29.4 Å². The van der Waals surface area contributed by atoms with Crippen LogP contribution < -0.4 is 21.8 Å². The van der Waals surface area contributed by atoms with Crippen LogP contribution in [0.1, 0.15) is 48.5 Å². The molecular formula is C23H24F3N5O4. The van der Waals surface area contributed by atoms with Crippen molar-refractivity contribution in [2.24, 2.45) is 0 Å². The summed E-state index contributed by atoms with van der Waals surface area (Å²) in [6, 6.07) is 4.56. The van der Waals surface area contributed by atoms with E-state index in [2.05, 4.69) is 15.7 Å². The highest BCUT2D eigenvalue weighted by Crippen LogP contribution is 2.36. The summed E-state index contributed by atoms with van der Waals surface area (Å²) in [7, 11) is 0. The van der Waals surface area contributed by atoms with Crippen molar-refractivity contribution < 1.29 is 23.1 Å². The number of rotatable bonds is 7. The monoisotopic (exact) mass is 491 g/mol. The molecule has 0 spiro atoms. The number of hydrogen-bond donors (Lipinski definition) is 3. The summed E-state index contributed by atoms with van der Waals surface area (Å²) in [6.07, 6.45) is -2.55. The standard InChI is InChI=1S/C23H24F3N5O4/c1-12-15(4-3-5-18(12)23(24,25)26)13(2)28-20-17-11-30(14-6-7-14)19(32)10-16(17)21(33)31(29-20)9-8-27-22(34)35/h3-5,10-11,13-14,27H,6-9H2,1-2H3,(H,28,29)(H,34,35). The molecule has 0 bridgehead atoms. The molecule has 0 saturated heterocycles. The van der Waals surface area contributed by atoms with Crippen molar-refractivity contribution in [3.63, 3.8) is 0 Å². The van der Waals surface area contributed by atoms with Crippen LogP contribution in [-0.4, -0.2) is 32.1 Å². The maximum atomic E-state index is 13.4. The van der Waals surface area contributed by atoms with Gasteiger partial charge in [0.15, 0.2) is 5.82 Å². The van der Waals surface area contributed by atoms with Gasteiger partial charge in [0.2, 0.25) is 0 Å². The number of benzene rings is 1. The lowest BCUT2D eigenvalue weighted by Gasteiger charge is -2.21. The average Bonchev–Trinajstić information content (AvgIpc) is 3.60. The number of carboxylic acid groups (broad SMARTS) is 1. The SMILES string of the molecule is Cc1c(C(C)Nc2nn(CCNC(=O)O)c(=O)c3cc(=O)n(C4CC4)cc23)cccc1C(F)(F)F. The lowest BCUT2D eigenvalue weighted by atomic mass is 9.97. The number of amides is 1. The van der Waals surface area contributed by atoms with Crippen molar-refractivity contribution in [3.05, 3.63) is 67.9 Å². The third kappa shape index (κ3) is 5.00. The first-order valence-electron chi connectivity index (χ1n) is 11.0. The normalized spacial score (nSPS) is 14.7. The Balaban J connectivity index is 1.80. The summed E-state index contributed by atoms with van der Waals surface area (Å²) >= 11 is 0. The topological polar surface area (TPSA) is 118 Å². The Morgan fingerprint density at radius 1 is 1.26 bits per heavy atom. The minimum Gasteiger partial charge on any atom is -0.465 e. The first kappa shape index (κ1) is 24.3. The Labute approximate surface area is 197 Å². The van der Waals surface area contributed by atoms with Crippen LogP contribution in [0.15, 0.2) is 40.1 Å². The Hall–Kier alpha value is -3.83. The maximum absolute atomic E-state index is 13.4. The number of fused-ring (bicyclic) bond motifs is 1. The fraction of sp³-hybridized carbons (Fsp3) is 0.391. The van der Waals surface area contributed by atoms with Crippen molar-refractivity contribution in [2.45, 2.75) is 51.5 Å². The largest absolute Gasteiger partial charge is 0.465 e. The number of hydrogen-bond acceptors (Lipinski definition) is 5. The van der Waals surface area contributed by atoms with E-state index in [1.807, 2.05) is 0 Å². The second-order valence-corrected chi connectivity index (χ2v) is 8.57. The second kappa shape index (κ2) is 9.08. The van der Waals surface area contributed by atoms with Crippen LogP contribution in [0.4, 0.5) is 23.8 Å². The molecule has 1 aromatic carbocycles. The number of pyridine rings is 1. The van der Waals surface area contributed by atoms with Gasteiger partial charge in [0.05, 0.1) is 23.5 Å². The van der Waals surface area contributed by atoms with Crippen LogP contribution in [0.5, 0.6) is 0 Å². The van der Waals surface area contributed by atoms with Crippen molar-refractivity contribution in [1.29, 1.82) is 0 Å². The molecule has 1 aliphatic rings. The van der Waals surface area contributed by atoms with E-state index in [4.69, 9.17) is 5.11 Å². The highest BCUT2D eigenvalue weighted by molar-refractivity contribution is 5.90. The second-order valence-electron chi connectivity index (χ2n) is 8.57. The Bertz CT molecular complexity index is 1410. The predicted octanol–water partition coefficient (Wildman–Crippen LogP) is 3.66. The molecule has 3 N–H and O–H groups in total. The van der Waals surface area contributed by atoms with Gasteiger partial charge in [-0.25, -0.2) is 9.48 Å². The number of carbonyl (C=O) groups is 1. The minimum atomic E-state index is -4.50. The third-order valence-electron chi connectivity index (χ3n) is 6.06. The Morgan fingerprint density at radius 3 is 2.60 bits per heavy atom. The molecule has 1 amide bonds. The fourth-order valence-corrected chi connectivity index (χ4v) is 4.15. The molecule has 0 aliphatic heterocycles. The average molecular weight is 491 g/mol. The van der Waals surface area contributed by atoms with E-state index in [-0.39, 0.29) is 41.5 Å². The van der Waals surface area contributed by atoms with Gasteiger partial charge in [-0.05, 0) is 43.9 Å². The number of alkyl halides is 3. The molecule has 1 aliphatic carbocycles. The lowest BCUT2D eigenvalue weighted by Crippen LogP contribution is -2.33. The molecule has 2 aromatic heterocycles. The summed E-state index contributed by atoms with van der Waals surface area (Å²) in [5, 5.41) is 18.8. The van der Waals surface area contributed by atoms with Gasteiger partial charge in [-0.15, -0.1) is 0 Å². The molecule has 1 fully saturated rings. The summed E-state index contributed by atoms with van der Waals surface area (Å²) in [5.41, 5.74) is -1.19. The number of nitrogens with one attached hydrogen (secondary N) is 2. The van der Waals surface area contributed by atoms with Gasteiger partial charge in [0, 0.05) is 30.2 Å². The molecule has 4 rings (SSSR count). The Morgan fingerprint density at radius 2 is 1.97 bits per heavy atom. The fourth-order valence-electron chi connectivity index (χ4n) is 4.15. The van der Waals surface area contributed by atoms with Crippen molar-refractivity contribution in [3.8, 4) is 0 Å². The smallest absolute Gasteiger partial charge is 0.416 e. The zero-order valence-electron chi connectivity index (χ0n) is 19.0. The maximum Gasteiger partial charge on any atom is 0.416 e. The molecule has 0 radical (unpaired) electrons.